The molecular formula is C16H20N2O4S. The van der Waals surface area contributed by atoms with Crippen molar-refractivity contribution in [2.24, 2.45) is 0 Å². The summed E-state index contributed by atoms with van der Waals surface area (Å²) in [5.74, 6) is 2.70. The number of hydrogen-bond donors (Lipinski definition) is 0. The van der Waals surface area contributed by atoms with Crippen molar-refractivity contribution in [3.63, 3.8) is 0 Å². The van der Waals surface area contributed by atoms with Crippen molar-refractivity contribution in [1.82, 2.24) is 10.2 Å². The lowest BCUT2D eigenvalue weighted by atomic mass is 10.2. The molecule has 0 spiro atoms. The highest BCUT2D eigenvalue weighted by molar-refractivity contribution is 7.99. The number of aryl methyl sites for hydroxylation is 1. The lowest BCUT2D eigenvalue weighted by molar-refractivity contribution is 0.112. The van der Waals surface area contributed by atoms with Crippen molar-refractivity contribution in [2.75, 3.05) is 19.5 Å². The number of rotatable bonds is 10. The monoisotopic (exact) mass is 336 g/mol. The Morgan fingerprint density at radius 1 is 1.30 bits per heavy atom. The van der Waals surface area contributed by atoms with Crippen LogP contribution in [0.2, 0.25) is 0 Å². The second kappa shape index (κ2) is 9.19. The van der Waals surface area contributed by atoms with Gasteiger partial charge in [0.1, 0.15) is 6.29 Å². The Kier molecular flexibility index (Phi) is 6.93. The summed E-state index contributed by atoms with van der Waals surface area (Å²) in [6.07, 6.45) is 3.41. The number of carbonyl (C=O) groups excluding carboxylic acids is 1. The first-order valence-electron chi connectivity index (χ1n) is 7.48. The predicted molar refractivity (Wildman–Crippen MR) is 87.5 cm³/mol. The Morgan fingerprint density at radius 3 is 2.91 bits per heavy atom. The molecule has 0 fully saturated rings. The fourth-order valence-corrected chi connectivity index (χ4v) is 2.58. The number of nitrogens with zero attached hydrogens (tertiary/aromatic N) is 2. The third-order valence-electron chi connectivity index (χ3n) is 3.01. The van der Waals surface area contributed by atoms with Crippen LogP contribution >= 0.6 is 11.8 Å². The van der Waals surface area contributed by atoms with Gasteiger partial charge in [-0.15, -0.1) is 10.2 Å². The molecule has 0 aliphatic rings. The van der Waals surface area contributed by atoms with Crippen molar-refractivity contribution in [1.29, 1.82) is 0 Å². The van der Waals surface area contributed by atoms with Crippen molar-refractivity contribution < 1.29 is 18.7 Å². The zero-order valence-corrected chi connectivity index (χ0v) is 14.1. The summed E-state index contributed by atoms with van der Waals surface area (Å²) in [5, 5.41) is 8.57. The minimum absolute atomic E-state index is 0.541. The summed E-state index contributed by atoms with van der Waals surface area (Å²) < 4.78 is 16.4. The van der Waals surface area contributed by atoms with Gasteiger partial charge in [-0.3, -0.25) is 4.79 Å². The molecule has 2 rings (SSSR count). The van der Waals surface area contributed by atoms with E-state index in [9.17, 15) is 4.79 Å². The largest absolute Gasteiger partial charge is 0.493 e. The lowest BCUT2D eigenvalue weighted by Crippen LogP contribution is -2.01. The van der Waals surface area contributed by atoms with Crippen LogP contribution in [0.1, 0.15) is 36.0 Å². The first-order chi connectivity index (χ1) is 11.3. The van der Waals surface area contributed by atoms with Crippen LogP contribution in [-0.2, 0) is 6.42 Å². The van der Waals surface area contributed by atoms with Gasteiger partial charge < -0.3 is 13.9 Å². The Bertz CT molecular complexity index is 630. The van der Waals surface area contributed by atoms with E-state index in [0.717, 1.165) is 31.3 Å². The predicted octanol–water partition coefficient (Wildman–Crippen LogP) is 3.40. The molecule has 0 aliphatic heterocycles. The van der Waals surface area contributed by atoms with Gasteiger partial charge in [0.05, 0.1) is 13.7 Å². The summed E-state index contributed by atoms with van der Waals surface area (Å²) in [4.78, 5) is 10.7. The van der Waals surface area contributed by atoms with Gasteiger partial charge in [-0.1, -0.05) is 18.7 Å². The Labute approximate surface area is 139 Å². The minimum Gasteiger partial charge on any atom is -0.493 e. The molecule has 0 N–H and O–H groups in total. The molecule has 0 unspecified atom stereocenters. The average Bonchev–Trinajstić information content (AvgIpc) is 3.02. The molecule has 1 aromatic heterocycles. The Hall–Kier alpha value is -2.02. The van der Waals surface area contributed by atoms with Gasteiger partial charge in [0.2, 0.25) is 5.89 Å². The zero-order chi connectivity index (χ0) is 16.5. The fraction of sp³-hybridized carbons (Fsp3) is 0.438. The highest BCUT2D eigenvalue weighted by atomic mass is 32.2. The number of hydrogen-bond acceptors (Lipinski definition) is 7. The molecule has 0 amide bonds. The number of methoxy groups -OCH3 is 1. The van der Waals surface area contributed by atoms with Gasteiger partial charge in [0.25, 0.3) is 5.22 Å². The molecule has 0 atom stereocenters. The number of ether oxygens (including phenoxy) is 2. The molecule has 0 saturated carbocycles. The average molecular weight is 336 g/mol. The second-order valence-electron chi connectivity index (χ2n) is 4.79. The normalized spacial score (nSPS) is 10.5. The number of aldehydes is 1. The van der Waals surface area contributed by atoms with E-state index in [0.29, 0.717) is 34.8 Å². The van der Waals surface area contributed by atoms with Crippen molar-refractivity contribution >= 4 is 18.0 Å². The van der Waals surface area contributed by atoms with Crippen LogP contribution in [0.3, 0.4) is 0 Å². The molecule has 2 aromatic rings. The van der Waals surface area contributed by atoms with Crippen LogP contribution in [0.5, 0.6) is 11.5 Å². The van der Waals surface area contributed by atoms with Gasteiger partial charge in [0, 0.05) is 17.7 Å². The van der Waals surface area contributed by atoms with E-state index in [2.05, 4.69) is 17.1 Å². The molecule has 1 aromatic carbocycles. The topological polar surface area (TPSA) is 74.5 Å². The van der Waals surface area contributed by atoms with Crippen LogP contribution in [-0.4, -0.2) is 36.0 Å². The van der Waals surface area contributed by atoms with Crippen LogP contribution in [0, 0.1) is 0 Å². The third kappa shape index (κ3) is 5.28. The number of thioether (sulfide) groups is 1. The molecule has 23 heavy (non-hydrogen) atoms. The molecule has 0 radical (unpaired) electrons. The van der Waals surface area contributed by atoms with E-state index in [4.69, 9.17) is 13.9 Å². The summed E-state index contributed by atoms with van der Waals surface area (Å²) in [6, 6.07) is 5.10. The van der Waals surface area contributed by atoms with E-state index in [1.165, 1.54) is 11.8 Å². The highest BCUT2D eigenvalue weighted by Crippen LogP contribution is 2.28. The molecule has 1 heterocycles. The first-order valence-corrected chi connectivity index (χ1v) is 8.46. The third-order valence-corrected chi connectivity index (χ3v) is 3.91. The van der Waals surface area contributed by atoms with E-state index >= 15 is 0 Å². The first kappa shape index (κ1) is 17.3. The van der Waals surface area contributed by atoms with E-state index < -0.39 is 0 Å². The van der Waals surface area contributed by atoms with Gasteiger partial charge >= 0.3 is 0 Å². The Morgan fingerprint density at radius 2 is 2.17 bits per heavy atom. The molecule has 7 heteroatoms. The number of benzene rings is 1. The number of carbonyl (C=O) groups is 1. The van der Waals surface area contributed by atoms with Crippen molar-refractivity contribution in [3.05, 3.63) is 29.7 Å². The van der Waals surface area contributed by atoms with Gasteiger partial charge in [-0.05, 0) is 31.0 Å². The molecule has 0 bridgehead atoms. The summed E-state index contributed by atoms with van der Waals surface area (Å²) in [6.45, 7) is 2.62. The number of aromatic nitrogens is 2. The highest BCUT2D eigenvalue weighted by Gasteiger charge is 2.07. The smallest absolute Gasteiger partial charge is 0.276 e. The van der Waals surface area contributed by atoms with Crippen molar-refractivity contribution in [3.8, 4) is 11.5 Å². The van der Waals surface area contributed by atoms with E-state index in [1.54, 1.807) is 25.3 Å². The van der Waals surface area contributed by atoms with E-state index in [1.807, 2.05) is 0 Å². The molecule has 0 saturated heterocycles. The van der Waals surface area contributed by atoms with Crippen LogP contribution in [0.25, 0.3) is 0 Å². The maximum atomic E-state index is 10.7. The van der Waals surface area contributed by atoms with E-state index in [-0.39, 0.29) is 0 Å². The van der Waals surface area contributed by atoms with Gasteiger partial charge in [-0.2, -0.15) is 0 Å². The molecule has 6 nitrogen and oxygen atoms in total. The SMILES string of the molecule is CCCc1nnc(SCCCOc2ccc(C=O)cc2OC)o1. The lowest BCUT2D eigenvalue weighted by Gasteiger charge is -2.10. The fourth-order valence-electron chi connectivity index (χ4n) is 1.89. The second-order valence-corrected chi connectivity index (χ2v) is 5.84. The van der Waals surface area contributed by atoms with Crippen LogP contribution in [0.15, 0.2) is 27.8 Å². The minimum atomic E-state index is 0.541. The van der Waals surface area contributed by atoms with Gasteiger partial charge in [-0.25, -0.2) is 0 Å². The Balaban J connectivity index is 1.73. The standard InChI is InChI=1S/C16H20N2O4S/c1-3-5-15-17-18-16(22-15)23-9-4-8-21-13-7-6-12(11-19)10-14(13)20-2/h6-7,10-11H,3-5,8-9H2,1-2H3. The molecular weight excluding hydrogens is 316 g/mol. The van der Waals surface area contributed by atoms with Crippen LogP contribution < -0.4 is 9.47 Å². The zero-order valence-electron chi connectivity index (χ0n) is 13.3. The summed E-state index contributed by atoms with van der Waals surface area (Å²) >= 11 is 1.52. The summed E-state index contributed by atoms with van der Waals surface area (Å²) in [5.41, 5.74) is 0.559. The van der Waals surface area contributed by atoms with Crippen LogP contribution in [0.4, 0.5) is 0 Å². The molecule has 0 aliphatic carbocycles. The quantitative estimate of drug-likeness (QED) is 0.374. The molecule has 124 valence electrons. The maximum Gasteiger partial charge on any atom is 0.276 e. The van der Waals surface area contributed by atoms with Gasteiger partial charge in [0.15, 0.2) is 11.5 Å². The maximum absolute atomic E-state index is 10.7. The summed E-state index contributed by atoms with van der Waals surface area (Å²) in [7, 11) is 1.55. The van der Waals surface area contributed by atoms with Crippen molar-refractivity contribution in [2.45, 2.75) is 31.4 Å².